The average Bonchev–Trinajstić information content (AvgIpc) is 2.56. The van der Waals surface area contributed by atoms with Crippen LogP contribution in [0.2, 0.25) is 0 Å². The number of aryl methyl sites for hydroxylation is 1. The maximum atomic E-state index is 6.06. The van der Waals surface area contributed by atoms with E-state index in [1.807, 2.05) is 42.5 Å². The first kappa shape index (κ1) is 14.2. The van der Waals surface area contributed by atoms with Gasteiger partial charge in [-0.25, -0.2) is 4.98 Å². The molecule has 0 saturated heterocycles. The SMILES string of the molecule is COc1ccc(CNc2nccc3c(N)ccc(C)c23)cc1. The Bertz CT molecular complexity index is 797. The first-order valence-corrected chi connectivity index (χ1v) is 7.19. The normalized spacial score (nSPS) is 10.6. The first-order valence-electron chi connectivity index (χ1n) is 7.19. The molecule has 0 atom stereocenters. The molecule has 0 aliphatic heterocycles. The quantitative estimate of drug-likeness (QED) is 0.719. The van der Waals surface area contributed by atoms with Crippen LogP contribution in [-0.4, -0.2) is 12.1 Å². The van der Waals surface area contributed by atoms with Crippen molar-refractivity contribution in [2.24, 2.45) is 0 Å². The van der Waals surface area contributed by atoms with Crippen LogP contribution in [0.1, 0.15) is 11.1 Å². The Kier molecular flexibility index (Phi) is 3.83. The summed E-state index contributed by atoms with van der Waals surface area (Å²) in [6.45, 7) is 2.77. The lowest BCUT2D eigenvalue weighted by molar-refractivity contribution is 0.414. The van der Waals surface area contributed by atoms with Crippen LogP contribution >= 0.6 is 0 Å². The van der Waals surface area contributed by atoms with Crippen LogP contribution in [-0.2, 0) is 6.54 Å². The molecular formula is C18H19N3O. The zero-order valence-electron chi connectivity index (χ0n) is 12.8. The molecule has 112 valence electrons. The van der Waals surface area contributed by atoms with Crippen molar-refractivity contribution in [2.75, 3.05) is 18.2 Å². The molecule has 0 aliphatic rings. The van der Waals surface area contributed by atoms with Gasteiger partial charge in [-0.3, -0.25) is 0 Å². The average molecular weight is 293 g/mol. The van der Waals surface area contributed by atoms with Crippen LogP contribution in [0, 0.1) is 6.92 Å². The van der Waals surface area contributed by atoms with Crippen LogP contribution in [0.5, 0.6) is 5.75 Å². The van der Waals surface area contributed by atoms with Gasteiger partial charge in [-0.1, -0.05) is 18.2 Å². The largest absolute Gasteiger partial charge is 0.497 e. The van der Waals surface area contributed by atoms with Gasteiger partial charge in [0.15, 0.2) is 0 Å². The highest BCUT2D eigenvalue weighted by Crippen LogP contribution is 2.29. The molecule has 0 unspecified atom stereocenters. The molecule has 0 aliphatic carbocycles. The summed E-state index contributed by atoms with van der Waals surface area (Å²) in [5.41, 5.74) is 9.17. The minimum Gasteiger partial charge on any atom is -0.497 e. The second kappa shape index (κ2) is 5.93. The predicted octanol–water partition coefficient (Wildman–Crippen LogP) is 3.75. The van der Waals surface area contributed by atoms with Gasteiger partial charge in [0.1, 0.15) is 11.6 Å². The molecule has 3 aromatic rings. The first-order chi connectivity index (χ1) is 10.7. The minimum absolute atomic E-state index is 0.699. The van der Waals surface area contributed by atoms with Crippen LogP contribution < -0.4 is 15.8 Å². The van der Waals surface area contributed by atoms with Gasteiger partial charge in [-0.05, 0) is 42.3 Å². The van der Waals surface area contributed by atoms with E-state index in [-0.39, 0.29) is 0 Å². The Morgan fingerprint density at radius 3 is 2.59 bits per heavy atom. The van der Waals surface area contributed by atoms with Crippen molar-refractivity contribution in [3.8, 4) is 5.75 Å². The third-order valence-electron chi connectivity index (χ3n) is 3.79. The second-order valence-electron chi connectivity index (χ2n) is 5.26. The molecule has 0 saturated carbocycles. The number of ether oxygens (including phenoxy) is 1. The molecule has 0 spiro atoms. The lowest BCUT2D eigenvalue weighted by Gasteiger charge is -2.12. The van der Waals surface area contributed by atoms with E-state index in [1.165, 1.54) is 5.56 Å². The maximum absolute atomic E-state index is 6.06. The van der Waals surface area contributed by atoms with Crippen molar-refractivity contribution in [3.05, 3.63) is 59.8 Å². The molecule has 1 aromatic heterocycles. The highest BCUT2D eigenvalue weighted by Gasteiger charge is 2.07. The van der Waals surface area contributed by atoms with Crippen LogP contribution in [0.3, 0.4) is 0 Å². The Morgan fingerprint density at radius 2 is 1.86 bits per heavy atom. The lowest BCUT2D eigenvalue weighted by Crippen LogP contribution is -2.03. The number of aromatic nitrogens is 1. The molecule has 4 heteroatoms. The van der Waals surface area contributed by atoms with E-state index in [0.717, 1.165) is 33.6 Å². The summed E-state index contributed by atoms with van der Waals surface area (Å²) in [6.07, 6.45) is 1.79. The Hall–Kier alpha value is -2.75. The zero-order valence-corrected chi connectivity index (χ0v) is 12.8. The van der Waals surface area contributed by atoms with Crippen molar-refractivity contribution in [1.82, 2.24) is 4.98 Å². The summed E-state index contributed by atoms with van der Waals surface area (Å²) in [4.78, 5) is 4.47. The van der Waals surface area contributed by atoms with Gasteiger partial charge in [-0.2, -0.15) is 0 Å². The predicted molar refractivity (Wildman–Crippen MR) is 91.2 cm³/mol. The van der Waals surface area contributed by atoms with Crippen molar-refractivity contribution in [1.29, 1.82) is 0 Å². The number of hydrogen-bond acceptors (Lipinski definition) is 4. The number of nitrogens with one attached hydrogen (secondary N) is 1. The van der Waals surface area contributed by atoms with Crippen LogP contribution in [0.4, 0.5) is 11.5 Å². The highest BCUT2D eigenvalue weighted by molar-refractivity contribution is 6.01. The fourth-order valence-corrected chi connectivity index (χ4v) is 2.55. The van der Waals surface area contributed by atoms with Crippen molar-refractivity contribution < 1.29 is 4.74 Å². The van der Waals surface area contributed by atoms with E-state index in [0.29, 0.717) is 6.54 Å². The van der Waals surface area contributed by atoms with Gasteiger partial charge in [0.25, 0.3) is 0 Å². The third-order valence-corrected chi connectivity index (χ3v) is 3.79. The number of fused-ring (bicyclic) bond motifs is 1. The van der Waals surface area contributed by atoms with Crippen LogP contribution in [0.25, 0.3) is 10.8 Å². The summed E-state index contributed by atoms with van der Waals surface area (Å²) in [6, 6.07) is 13.9. The van der Waals surface area contributed by atoms with E-state index >= 15 is 0 Å². The minimum atomic E-state index is 0.699. The smallest absolute Gasteiger partial charge is 0.134 e. The standard InChI is InChI=1S/C18H19N3O/c1-12-3-8-16(19)15-9-10-20-18(17(12)15)21-11-13-4-6-14(22-2)7-5-13/h3-10H,11,19H2,1-2H3,(H,20,21). The summed E-state index contributed by atoms with van der Waals surface area (Å²) in [5.74, 6) is 1.72. The fourth-order valence-electron chi connectivity index (χ4n) is 2.55. The lowest BCUT2D eigenvalue weighted by atomic mass is 10.1. The van der Waals surface area contributed by atoms with Gasteiger partial charge >= 0.3 is 0 Å². The number of benzene rings is 2. The summed E-state index contributed by atoms with van der Waals surface area (Å²) in [5, 5.41) is 5.52. The molecule has 4 nitrogen and oxygen atoms in total. The summed E-state index contributed by atoms with van der Waals surface area (Å²) < 4.78 is 5.17. The number of anilines is 2. The number of rotatable bonds is 4. The molecule has 3 N–H and O–H groups in total. The van der Waals surface area contributed by atoms with Gasteiger partial charge in [-0.15, -0.1) is 0 Å². The molecule has 0 fully saturated rings. The fraction of sp³-hybridized carbons (Fsp3) is 0.167. The molecule has 0 radical (unpaired) electrons. The van der Waals surface area contributed by atoms with Gasteiger partial charge in [0, 0.05) is 29.2 Å². The molecule has 2 aromatic carbocycles. The van der Waals surface area contributed by atoms with Crippen LogP contribution in [0.15, 0.2) is 48.7 Å². The maximum Gasteiger partial charge on any atom is 0.134 e. The van der Waals surface area contributed by atoms with E-state index in [1.54, 1.807) is 13.3 Å². The van der Waals surface area contributed by atoms with Crippen molar-refractivity contribution in [3.63, 3.8) is 0 Å². The number of nitrogens with zero attached hydrogens (tertiary/aromatic N) is 1. The monoisotopic (exact) mass is 293 g/mol. The molecule has 3 rings (SSSR count). The topological polar surface area (TPSA) is 60.2 Å². The number of hydrogen-bond donors (Lipinski definition) is 2. The number of pyridine rings is 1. The van der Waals surface area contributed by atoms with E-state index in [4.69, 9.17) is 10.5 Å². The highest BCUT2D eigenvalue weighted by atomic mass is 16.5. The third kappa shape index (κ3) is 2.68. The van der Waals surface area contributed by atoms with E-state index in [9.17, 15) is 0 Å². The number of nitrogens with two attached hydrogens (primary N) is 1. The molecule has 0 bridgehead atoms. The summed E-state index contributed by atoms with van der Waals surface area (Å²) in [7, 11) is 1.67. The van der Waals surface area contributed by atoms with E-state index in [2.05, 4.69) is 17.2 Å². The van der Waals surface area contributed by atoms with Gasteiger partial charge in [0.2, 0.25) is 0 Å². The molecular weight excluding hydrogens is 274 g/mol. The second-order valence-corrected chi connectivity index (χ2v) is 5.26. The molecule has 0 amide bonds. The van der Waals surface area contributed by atoms with Gasteiger partial charge < -0.3 is 15.8 Å². The Morgan fingerprint density at radius 1 is 1.09 bits per heavy atom. The molecule has 1 heterocycles. The number of methoxy groups -OCH3 is 1. The van der Waals surface area contributed by atoms with Gasteiger partial charge in [0.05, 0.1) is 7.11 Å². The van der Waals surface area contributed by atoms with Crippen molar-refractivity contribution >= 4 is 22.3 Å². The zero-order chi connectivity index (χ0) is 15.5. The number of nitrogen functional groups attached to an aromatic ring is 1. The Balaban J connectivity index is 1.89. The Labute approximate surface area is 129 Å². The van der Waals surface area contributed by atoms with Crippen molar-refractivity contribution in [2.45, 2.75) is 13.5 Å². The van der Waals surface area contributed by atoms with E-state index < -0.39 is 0 Å². The molecule has 22 heavy (non-hydrogen) atoms. The summed E-state index contributed by atoms with van der Waals surface area (Å²) >= 11 is 0.